The van der Waals surface area contributed by atoms with Crippen LogP contribution in [0, 0.1) is 21.4 Å². The van der Waals surface area contributed by atoms with Crippen molar-refractivity contribution >= 4 is 5.69 Å². The molecule has 1 aromatic rings. The summed E-state index contributed by atoms with van der Waals surface area (Å²) in [4.78, 5) is 9.91. The maximum Gasteiger partial charge on any atom is 0.273 e. The molecule has 0 bridgehead atoms. The molecule has 0 amide bonds. The SMILES string of the molecule is COc1cc([N+](=O)[O-])cc(CO)c1C#N. The fourth-order valence-electron chi connectivity index (χ4n) is 1.18. The van der Waals surface area contributed by atoms with Crippen molar-refractivity contribution in [3.05, 3.63) is 33.4 Å². The minimum atomic E-state index is -0.608. The Balaban J connectivity index is 3.44. The van der Waals surface area contributed by atoms with E-state index in [1.54, 1.807) is 0 Å². The van der Waals surface area contributed by atoms with E-state index in [0.717, 1.165) is 12.1 Å². The van der Waals surface area contributed by atoms with Gasteiger partial charge in [-0.25, -0.2) is 0 Å². The van der Waals surface area contributed by atoms with Crippen molar-refractivity contribution in [2.45, 2.75) is 6.61 Å². The van der Waals surface area contributed by atoms with Crippen molar-refractivity contribution in [2.75, 3.05) is 7.11 Å². The summed E-state index contributed by atoms with van der Waals surface area (Å²) in [7, 11) is 1.31. The molecule has 78 valence electrons. The number of hydrogen-bond donors (Lipinski definition) is 1. The van der Waals surface area contributed by atoms with Gasteiger partial charge in [0.15, 0.2) is 0 Å². The standard InChI is InChI=1S/C9H8N2O4/c1-15-9-3-7(11(13)14)2-6(5-12)8(9)4-10/h2-3,12H,5H2,1H3. The van der Waals surface area contributed by atoms with Gasteiger partial charge in [0.1, 0.15) is 11.8 Å². The molecule has 0 fully saturated rings. The molecule has 0 saturated heterocycles. The van der Waals surface area contributed by atoms with E-state index in [1.165, 1.54) is 7.11 Å². The lowest BCUT2D eigenvalue weighted by Gasteiger charge is -2.06. The molecule has 1 rings (SSSR count). The van der Waals surface area contributed by atoms with Crippen molar-refractivity contribution in [1.82, 2.24) is 0 Å². The van der Waals surface area contributed by atoms with E-state index in [-0.39, 0.29) is 22.6 Å². The van der Waals surface area contributed by atoms with Crippen LogP contribution >= 0.6 is 0 Å². The lowest BCUT2D eigenvalue weighted by Crippen LogP contribution is -1.98. The van der Waals surface area contributed by atoms with Gasteiger partial charge in [0, 0.05) is 11.6 Å². The van der Waals surface area contributed by atoms with E-state index >= 15 is 0 Å². The number of ether oxygens (including phenoxy) is 1. The largest absolute Gasteiger partial charge is 0.495 e. The minimum Gasteiger partial charge on any atom is -0.495 e. The first-order valence-electron chi connectivity index (χ1n) is 4.00. The second-order valence-corrected chi connectivity index (χ2v) is 2.71. The van der Waals surface area contributed by atoms with Crippen molar-refractivity contribution in [1.29, 1.82) is 5.26 Å². The fourth-order valence-corrected chi connectivity index (χ4v) is 1.18. The van der Waals surface area contributed by atoms with Crippen molar-refractivity contribution in [3.8, 4) is 11.8 Å². The third-order valence-corrected chi connectivity index (χ3v) is 1.88. The highest BCUT2D eigenvalue weighted by atomic mass is 16.6. The zero-order chi connectivity index (χ0) is 11.4. The van der Waals surface area contributed by atoms with Crippen LogP contribution in [0.5, 0.6) is 5.75 Å². The number of nitro groups is 1. The molecule has 0 atom stereocenters. The van der Waals surface area contributed by atoms with Crippen LogP contribution in [-0.4, -0.2) is 17.1 Å². The van der Waals surface area contributed by atoms with Gasteiger partial charge >= 0.3 is 0 Å². The first-order valence-corrected chi connectivity index (χ1v) is 4.00. The average molecular weight is 208 g/mol. The van der Waals surface area contributed by atoms with Crippen LogP contribution in [0.15, 0.2) is 12.1 Å². The van der Waals surface area contributed by atoms with Gasteiger partial charge in [0.05, 0.1) is 30.3 Å². The normalized spacial score (nSPS) is 9.40. The number of nitro benzene ring substituents is 1. The Bertz CT molecular complexity index is 411. The van der Waals surface area contributed by atoms with Crippen LogP contribution in [0.1, 0.15) is 11.1 Å². The minimum absolute atomic E-state index is 0.0933. The third kappa shape index (κ3) is 2.03. The van der Waals surface area contributed by atoms with Crippen molar-refractivity contribution < 1.29 is 14.8 Å². The molecular formula is C9H8N2O4. The van der Waals surface area contributed by atoms with Gasteiger partial charge in [-0.3, -0.25) is 10.1 Å². The van der Waals surface area contributed by atoms with E-state index in [1.807, 2.05) is 6.07 Å². The monoisotopic (exact) mass is 208 g/mol. The Morgan fingerprint density at radius 2 is 2.33 bits per heavy atom. The predicted octanol–water partition coefficient (Wildman–Crippen LogP) is 0.967. The van der Waals surface area contributed by atoms with Gasteiger partial charge < -0.3 is 9.84 Å². The summed E-state index contributed by atoms with van der Waals surface area (Å²) in [5.41, 5.74) is 0.0871. The number of aliphatic hydroxyl groups is 1. The number of nitrogens with zero attached hydrogens (tertiary/aromatic N) is 2. The molecular weight excluding hydrogens is 200 g/mol. The van der Waals surface area contributed by atoms with E-state index in [4.69, 9.17) is 15.1 Å². The molecule has 0 aromatic heterocycles. The smallest absolute Gasteiger partial charge is 0.273 e. The number of hydrogen-bond acceptors (Lipinski definition) is 5. The second-order valence-electron chi connectivity index (χ2n) is 2.71. The van der Waals surface area contributed by atoms with Crippen LogP contribution in [0.3, 0.4) is 0 Å². The van der Waals surface area contributed by atoms with Crippen LogP contribution in [0.2, 0.25) is 0 Å². The first-order chi connectivity index (χ1) is 7.13. The summed E-state index contributed by atoms with van der Waals surface area (Å²) in [6, 6.07) is 4.13. The maximum atomic E-state index is 10.5. The second kappa shape index (κ2) is 4.39. The molecule has 6 heteroatoms. The number of aliphatic hydroxyl groups excluding tert-OH is 1. The number of benzene rings is 1. The van der Waals surface area contributed by atoms with Gasteiger partial charge in [-0.2, -0.15) is 5.26 Å². The first kappa shape index (κ1) is 10.9. The average Bonchev–Trinajstić information content (AvgIpc) is 2.26. The Hall–Kier alpha value is -2.13. The highest BCUT2D eigenvalue weighted by Gasteiger charge is 2.16. The number of nitriles is 1. The van der Waals surface area contributed by atoms with Crippen LogP contribution < -0.4 is 4.74 Å². The number of methoxy groups -OCH3 is 1. The summed E-state index contributed by atoms with van der Waals surface area (Å²) < 4.78 is 4.83. The zero-order valence-electron chi connectivity index (χ0n) is 7.93. The number of rotatable bonds is 3. The van der Waals surface area contributed by atoms with E-state index in [0.29, 0.717) is 0 Å². The summed E-state index contributed by atoms with van der Waals surface area (Å²) in [5, 5.41) is 28.2. The van der Waals surface area contributed by atoms with Crippen LogP contribution in [0.25, 0.3) is 0 Å². The maximum absolute atomic E-state index is 10.5. The van der Waals surface area contributed by atoms with Gasteiger partial charge in [0.2, 0.25) is 0 Å². The lowest BCUT2D eigenvalue weighted by atomic mass is 10.1. The van der Waals surface area contributed by atoms with Crippen molar-refractivity contribution in [3.63, 3.8) is 0 Å². The Morgan fingerprint density at radius 1 is 1.67 bits per heavy atom. The quantitative estimate of drug-likeness (QED) is 0.589. The summed E-state index contributed by atoms with van der Waals surface area (Å²) in [6.45, 7) is -0.444. The van der Waals surface area contributed by atoms with E-state index in [2.05, 4.69) is 0 Å². The van der Waals surface area contributed by atoms with Gasteiger partial charge in [0.25, 0.3) is 5.69 Å². The molecule has 0 aliphatic rings. The zero-order valence-corrected chi connectivity index (χ0v) is 7.93. The molecule has 0 spiro atoms. The highest BCUT2D eigenvalue weighted by Crippen LogP contribution is 2.27. The lowest BCUT2D eigenvalue weighted by molar-refractivity contribution is -0.385. The summed E-state index contributed by atoms with van der Waals surface area (Å²) >= 11 is 0. The molecule has 0 radical (unpaired) electrons. The molecule has 0 saturated carbocycles. The number of non-ortho nitro benzene ring substituents is 1. The Labute approximate surface area is 85.5 Å². The van der Waals surface area contributed by atoms with Crippen molar-refractivity contribution in [2.24, 2.45) is 0 Å². The van der Waals surface area contributed by atoms with Gasteiger partial charge in [-0.1, -0.05) is 0 Å². The molecule has 0 unspecified atom stereocenters. The molecule has 0 aliphatic heterocycles. The third-order valence-electron chi connectivity index (χ3n) is 1.88. The van der Waals surface area contributed by atoms with E-state index in [9.17, 15) is 10.1 Å². The molecule has 15 heavy (non-hydrogen) atoms. The summed E-state index contributed by atoms with van der Waals surface area (Å²) in [5.74, 6) is 0.0933. The molecule has 0 aliphatic carbocycles. The molecule has 6 nitrogen and oxygen atoms in total. The molecule has 1 aromatic carbocycles. The van der Waals surface area contributed by atoms with Crippen LogP contribution in [0.4, 0.5) is 5.69 Å². The fraction of sp³-hybridized carbons (Fsp3) is 0.222. The predicted molar refractivity (Wildman–Crippen MR) is 50.3 cm³/mol. The molecule has 0 heterocycles. The van der Waals surface area contributed by atoms with Gasteiger partial charge in [-0.05, 0) is 0 Å². The highest BCUT2D eigenvalue weighted by molar-refractivity contribution is 5.55. The Kier molecular flexibility index (Phi) is 3.21. The Morgan fingerprint density at radius 3 is 2.73 bits per heavy atom. The van der Waals surface area contributed by atoms with Gasteiger partial charge in [-0.15, -0.1) is 0 Å². The topological polar surface area (TPSA) is 96.4 Å². The summed E-state index contributed by atoms with van der Waals surface area (Å²) in [6.07, 6.45) is 0. The van der Waals surface area contributed by atoms with E-state index < -0.39 is 11.5 Å². The van der Waals surface area contributed by atoms with Crippen LogP contribution in [-0.2, 0) is 6.61 Å². The molecule has 1 N–H and O–H groups in total.